The van der Waals surface area contributed by atoms with Crippen molar-refractivity contribution < 1.29 is 4.79 Å². The molecule has 0 saturated carbocycles. The molecule has 0 radical (unpaired) electrons. The van der Waals surface area contributed by atoms with Gasteiger partial charge in [0, 0.05) is 42.8 Å². The number of benzene rings is 2. The van der Waals surface area contributed by atoms with E-state index >= 15 is 0 Å². The molecule has 1 atom stereocenters. The van der Waals surface area contributed by atoms with Gasteiger partial charge in [-0.25, -0.2) is 4.98 Å². The van der Waals surface area contributed by atoms with Crippen molar-refractivity contribution in [2.45, 2.75) is 32.7 Å². The van der Waals surface area contributed by atoms with Crippen molar-refractivity contribution in [3.05, 3.63) is 47.5 Å². The lowest BCUT2D eigenvalue weighted by molar-refractivity contribution is -0.119. The lowest BCUT2D eigenvalue weighted by atomic mass is 10.0. The van der Waals surface area contributed by atoms with Crippen LogP contribution in [0.4, 0.5) is 23.1 Å². The molecule has 9 heteroatoms. The van der Waals surface area contributed by atoms with E-state index in [1.54, 1.807) is 25.1 Å². The molecule has 1 saturated heterocycles. The Balaban J connectivity index is 0.00000289. The number of nitriles is 1. The van der Waals surface area contributed by atoms with Crippen LogP contribution in [0.5, 0.6) is 0 Å². The Hall–Kier alpha value is -3.57. The fourth-order valence-electron chi connectivity index (χ4n) is 4.07. The molecule has 32 heavy (non-hydrogen) atoms. The molecule has 2 aromatic carbocycles. The molecule has 1 amide bonds. The fourth-order valence-corrected chi connectivity index (χ4v) is 4.07. The Morgan fingerprint density at radius 3 is 2.84 bits per heavy atom. The first-order valence-electron chi connectivity index (χ1n) is 10.3. The summed E-state index contributed by atoms with van der Waals surface area (Å²) in [5.41, 5.74) is 9.46. The Labute approximate surface area is 193 Å². The van der Waals surface area contributed by atoms with Gasteiger partial charge in [-0.05, 0) is 49.6 Å². The zero-order valence-corrected chi connectivity index (χ0v) is 18.9. The van der Waals surface area contributed by atoms with Gasteiger partial charge in [0.2, 0.25) is 11.9 Å². The number of fused-ring (bicyclic) bond motifs is 1. The standard InChI is InChI=1S/C23H25N7O.ClH/c1-14-5-3-7-20-21(14)28-23(27-19-10-16(12-24)9-17(25)11-19)29-22(20)30-8-4-6-18(13-30)26-15(2)31;/h3,5,7,9-11,18H,4,6,8,13,25H2,1-2H3,(H,26,31)(H,27,28,29);1H/t18-;/m1./s1. The number of aromatic nitrogens is 2. The van der Waals surface area contributed by atoms with Crippen molar-refractivity contribution in [2.24, 2.45) is 0 Å². The second-order valence-corrected chi connectivity index (χ2v) is 7.91. The summed E-state index contributed by atoms with van der Waals surface area (Å²) in [4.78, 5) is 23.3. The number of nitrogens with one attached hydrogen (secondary N) is 2. The molecule has 8 nitrogen and oxygen atoms in total. The quantitative estimate of drug-likeness (QED) is 0.517. The molecule has 0 bridgehead atoms. The third-order valence-electron chi connectivity index (χ3n) is 5.38. The molecular weight excluding hydrogens is 426 g/mol. The van der Waals surface area contributed by atoms with Crippen LogP contribution >= 0.6 is 12.4 Å². The number of hydrogen-bond donors (Lipinski definition) is 3. The molecular formula is C23H26ClN7O. The molecule has 3 aromatic rings. The van der Waals surface area contributed by atoms with Crippen molar-refractivity contribution in [3.8, 4) is 6.07 Å². The van der Waals surface area contributed by atoms with Crippen molar-refractivity contribution in [3.63, 3.8) is 0 Å². The number of rotatable bonds is 4. The highest BCUT2D eigenvalue weighted by Gasteiger charge is 2.24. The van der Waals surface area contributed by atoms with Gasteiger partial charge in [-0.2, -0.15) is 10.2 Å². The van der Waals surface area contributed by atoms with E-state index in [0.29, 0.717) is 29.4 Å². The number of amides is 1. The van der Waals surface area contributed by atoms with Gasteiger partial charge in [0.05, 0.1) is 17.1 Å². The maximum atomic E-state index is 11.6. The molecule has 1 aliphatic rings. The summed E-state index contributed by atoms with van der Waals surface area (Å²) in [5.74, 6) is 1.25. The average molecular weight is 452 g/mol. The van der Waals surface area contributed by atoms with E-state index in [1.165, 1.54) is 0 Å². The SMILES string of the molecule is CC(=O)N[C@@H]1CCCN(c2nc(Nc3cc(N)cc(C#N)c3)nc3c(C)cccc23)C1.Cl. The molecule has 2 heterocycles. The molecule has 4 N–H and O–H groups in total. The Morgan fingerprint density at radius 2 is 2.09 bits per heavy atom. The Morgan fingerprint density at radius 1 is 1.28 bits per heavy atom. The molecule has 4 rings (SSSR count). The number of carbonyl (C=O) groups is 1. The van der Waals surface area contributed by atoms with E-state index < -0.39 is 0 Å². The van der Waals surface area contributed by atoms with Crippen molar-refractivity contribution in [2.75, 3.05) is 29.0 Å². The second-order valence-electron chi connectivity index (χ2n) is 7.91. The average Bonchev–Trinajstić information content (AvgIpc) is 2.73. The second kappa shape index (κ2) is 9.71. The highest BCUT2D eigenvalue weighted by Crippen LogP contribution is 2.30. The van der Waals surface area contributed by atoms with Gasteiger partial charge < -0.3 is 21.3 Å². The number of nitrogens with two attached hydrogens (primary N) is 1. The van der Waals surface area contributed by atoms with Crippen LogP contribution in [0.1, 0.15) is 30.9 Å². The largest absolute Gasteiger partial charge is 0.399 e. The predicted molar refractivity (Wildman–Crippen MR) is 129 cm³/mol. The number of hydrogen-bond acceptors (Lipinski definition) is 7. The number of nitrogen functional groups attached to an aromatic ring is 1. The smallest absolute Gasteiger partial charge is 0.229 e. The van der Waals surface area contributed by atoms with Crippen molar-refractivity contribution in [1.82, 2.24) is 15.3 Å². The highest BCUT2D eigenvalue weighted by atomic mass is 35.5. The first-order chi connectivity index (χ1) is 14.9. The predicted octanol–water partition coefficient (Wildman–Crippen LogP) is 3.66. The molecule has 0 unspecified atom stereocenters. The normalized spacial score (nSPS) is 15.5. The van der Waals surface area contributed by atoms with Crippen molar-refractivity contribution >= 4 is 52.4 Å². The zero-order chi connectivity index (χ0) is 22.0. The number of nitrogens with zero attached hydrogens (tertiary/aromatic N) is 4. The monoisotopic (exact) mass is 451 g/mol. The zero-order valence-electron chi connectivity index (χ0n) is 18.1. The number of halogens is 1. The number of anilines is 4. The number of aryl methyl sites for hydroxylation is 1. The van der Waals surface area contributed by atoms with Gasteiger partial charge in [0.15, 0.2) is 0 Å². The molecule has 1 fully saturated rings. The molecule has 0 spiro atoms. The van der Waals surface area contributed by atoms with Crippen LogP contribution in [0.2, 0.25) is 0 Å². The summed E-state index contributed by atoms with van der Waals surface area (Å²) in [7, 11) is 0. The van der Waals surface area contributed by atoms with Crippen LogP contribution in [0.15, 0.2) is 36.4 Å². The van der Waals surface area contributed by atoms with E-state index in [-0.39, 0.29) is 24.4 Å². The van der Waals surface area contributed by atoms with Gasteiger partial charge in [0.25, 0.3) is 0 Å². The minimum absolute atomic E-state index is 0. The van der Waals surface area contributed by atoms with Gasteiger partial charge in [-0.1, -0.05) is 12.1 Å². The number of piperidine rings is 1. The third kappa shape index (κ3) is 5.01. The molecule has 166 valence electrons. The highest BCUT2D eigenvalue weighted by molar-refractivity contribution is 5.93. The van der Waals surface area contributed by atoms with Gasteiger partial charge in [-0.3, -0.25) is 4.79 Å². The molecule has 1 aromatic heterocycles. The van der Waals surface area contributed by atoms with E-state index in [0.717, 1.165) is 41.7 Å². The summed E-state index contributed by atoms with van der Waals surface area (Å²) in [6, 6.07) is 13.3. The number of para-hydroxylation sites is 1. The van der Waals surface area contributed by atoms with Crippen LogP contribution < -0.4 is 21.3 Å². The lowest BCUT2D eigenvalue weighted by Gasteiger charge is -2.34. The minimum atomic E-state index is -0.0208. The van der Waals surface area contributed by atoms with E-state index in [1.807, 2.05) is 25.1 Å². The van der Waals surface area contributed by atoms with Gasteiger partial charge >= 0.3 is 0 Å². The lowest BCUT2D eigenvalue weighted by Crippen LogP contribution is -2.47. The van der Waals surface area contributed by atoms with Crippen LogP contribution in [-0.4, -0.2) is 35.0 Å². The van der Waals surface area contributed by atoms with E-state index in [4.69, 9.17) is 15.7 Å². The minimum Gasteiger partial charge on any atom is -0.399 e. The summed E-state index contributed by atoms with van der Waals surface area (Å²) in [6.45, 7) is 5.11. The maximum Gasteiger partial charge on any atom is 0.229 e. The molecule has 1 aliphatic heterocycles. The summed E-state index contributed by atoms with van der Waals surface area (Å²) in [5, 5.41) is 16.4. The Bertz CT molecular complexity index is 1190. The van der Waals surface area contributed by atoms with E-state index in [2.05, 4.69) is 21.6 Å². The summed E-state index contributed by atoms with van der Waals surface area (Å²) in [6.07, 6.45) is 1.91. The van der Waals surface area contributed by atoms with Crippen LogP contribution in [0, 0.1) is 18.3 Å². The van der Waals surface area contributed by atoms with Gasteiger partial charge in [0.1, 0.15) is 5.82 Å². The first kappa shape index (κ1) is 23.1. The maximum absolute atomic E-state index is 11.6. The molecule has 0 aliphatic carbocycles. The summed E-state index contributed by atoms with van der Waals surface area (Å²) < 4.78 is 0. The first-order valence-corrected chi connectivity index (χ1v) is 10.3. The topological polar surface area (TPSA) is 120 Å². The Kier molecular flexibility index (Phi) is 7.01. The fraction of sp³-hybridized carbons (Fsp3) is 0.304. The van der Waals surface area contributed by atoms with E-state index in [9.17, 15) is 10.1 Å². The van der Waals surface area contributed by atoms with Gasteiger partial charge in [-0.15, -0.1) is 12.4 Å². The van der Waals surface area contributed by atoms with Crippen LogP contribution in [0.3, 0.4) is 0 Å². The van der Waals surface area contributed by atoms with Crippen molar-refractivity contribution in [1.29, 1.82) is 5.26 Å². The van der Waals surface area contributed by atoms with Crippen LogP contribution in [-0.2, 0) is 4.79 Å². The summed E-state index contributed by atoms with van der Waals surface area (Å²) >= 11 is 0. The third-order valence-corrected chi connectivity index (χ3v) is 5.38. The number of carbonyl (C=O) groups excluding carboxylic acids is 1. The van der Waals surface area contributed by atoms with Crippen LogP contribution in [0.25, 0.3) is 10.9 Å².